The molecule has 0 fully saturated rings. The van der Waals surface area contributed by atoms with E-state index in [0.29, 0.717) is 22.6 Å². The highest BCUT2D eigenvalue weighted by Gasteiger charge is 2.19. The minimum absolute atomic E-state index is 0.137. The van der Waals surface area contributed by atoms with E-state index in [4.69, 9.17) is 9.47 Å². The van der Waals surface area contributed by atoms with E-state index in [1.54, 1.807) is 19.2 Å². The molecule has 2 aromatic carbocycles. The topological polar surface area (TPSA) is 71.5 Å². The van der Waals surface area contributed by atoms with Crippen molar-refractivity contribution in [2.24, 2.45) is 0 Å². The second kappa shape index (κ2) is 6.47. The quantitative estimate of drug-likeness (QED) is 0.736. The van der Waals surface area contributed by atoms with E-state index in [9.17, 15) is 14.3 Å². The number of aryl methyl sites for hydroxylation is 1. The maximum absolute atomic E-state index is 14.1. The van der Waals surface area contributed by atoms with Crippen LogP contribution in [0.5, 0.6) is 11.5 Å². The van der Waals surface area contributed by atoms with Crippen molar-refractivity contribution < 1.29 is 23.8 Å². The summed E-state index contributed by atoms with van der Waals surface area (Å²) in [7, 11) is 2.95. The molecule has 3 aromatic rings. The first-order chi connectivity index (χ1) is 11.9. The number of nitrogens with one attached hydrogen (secondary N) is 1. The van der Waals surface area contributed by atoms with Crippen LogP contribution in [0, 0.1) is 12.7 Å². The number of carboxylic acids is 1. The number of methoxy groups -OCH3 is 2. The van der Waals surface area contributed by atoms with Crippen LogP contribution in [-0.4, -0.2) is 30.3 Å². The molecule has 0 spiro atoms. The molecule has 0 bridgehead atoms. The zero-order chi connectivity index (χ0) is 18.1. The van der Waals surface area contributed by atoms with Crippen molar-refractivity contribution in [3.63, 3.8) is 0 Å². The molecule has 6 heteroatoms. The van der Waals surface area contributed by atoms with Crippen molar-refractivity contribution in [1.82, 2.24) is 4.98 Å². The summed E-state index contributed by atoms with van der Waals surface area (Å²) in [5, 5.41) is 10.1. The molecule has 3 rings (SSSR count). The lowest BCUT2D eigenvalue weighted by Crippen LogP contribution is -2.01. The molecular formula is C19H18FNO4. The average Bonchev–Trinajstić information content (AvgIpc) is 2.93. The Bertz CT molecular complexity index is 962. The van der Waals surface area contributed by atoms with Crippen LogP contribution in [0.1, 0.15) is 11.1 Å². The van der Waals surface area contributed by atoms with E-state index in [1.165, 1.54) is 19.2 Å². The molecule has 0 atom stereocenters. The molecule has 0 aliphatic heterocycles. The van der Waals surface area contributed by atoms with Gasteiger partial charge in [0.15, 0.2) is 11.6 Å². The number of hydrogen-bond donors (Lipinski definition) is 2. The highest BCUT2D eigenvalue weighted by molar-refractivity contribution is 5.96. The van der Waals surface area contributed by atoms with Crippen LogP contribution < -0.4 is 9.47 Å². The molecule has 130 valence electrons. The normalized spacial score (nSPS) is 10.9. The maximum atomic E-state index is 14.1. The van der Waals surface area contributed by atoms with Crippen molar-refractivity contribution in [1.29, 1.82) is 0 Å². The van der Waals surface area contributed by atoms with Gasteiger partial charge in [-0.05, 0) is 48.4 Å². The number of aromatic amines is 1. The predicted molar refractivity (Wildman–Crippen MR) is 92.9 cm³/mol. The van der Waals surface area contributed by atoms with Gasteiger partial charge in [-0.3, -0.25) is 4.79 Å². The molecule has 5 nitrogen and oxygen atoms in total. The van der Waals surface area contributed by atoms with Gasteiger partial charge in [-0.2, -0.15) is 0 Å². The Balaban J connectivity index is 2.28. The molecule has 0 unspecified atom stereocenters. The molecule has 0 saturated carbocycles. The van der Waals surface area contributed by atoms with Gasteiger partial charge in [-0.1, -0.05) is 0 Å². The second-order valence-corrected chi connectivity index (χ2v) is 5.77. The Labute approximate surface area is 144 Å². The van der Waals surface area contributed by atoms with Gasteiger partial charge in [-0.25, -0.2) is 4.39 Å². The highest BCUT2D eigenvalue weighted by Crippen LogP contribution is 2.36. The molecule has 1 heterocycles. The summed E-state index contributed by atoms with van der Waals surface area (Å²) < 4.78 is 24.3. The summed E-state index contributed by atoms with van der Waals surface area (Å²) in [6.07, 6.45) is -0.185. The van der Waals surface area contributed by atoms with Crippen LogP contribution in [0.2, 0.25) is 0 Å². The number of halogens is 1. The van der Waals surface area contributed by atoms with Gasteiger partial charge in [-0.15, -0.1) is 0 Å². The summed E-state index contributed by atoms with van der Waals surface area (Å²) in [6.45, 7) is 1.91. The third kappa shape index (κ3) is 3.03. The Hall–Kier alpha value is -3.02. The molecule has 2 N–H and O–H groups in total. The minimum atomic E-state index is -0.961. The van der Waals surface area contributed by atoms with Crippen LogP contribution in [0.15, 0.2) is 30.3 Å². The SMILES string of the molecule is COc1cc(C)c2[nH]c(-c3ccc(OC)c(F)c3)c(CC(=O)O)c2c1. The number of hydrogen-bond acceptors (Lipinski definition) is 3. The second-order valence-electron chi connectivity index (χ2n) is 5.77. The van der Waals surface area contributed by atoms with Crippen LogP contribution in [-0.2, 0) is 11.2 Å². The monoisotopic (exact) mass is 343 g/mol. The van der Waals surface area contributed by atoms with Crippen molar-refractivity contribution in [3.8, 4) is 22.8 Å². The van der Waals surface area contributed by atoms with Crippen molar-refractivity contribution in [2.75, 3.05) is 14.2 Å². The van der Waals surface area contributed by atoms with Crippen LogP contribution in [0.3, 0.4) is 0 Å². The maximum Gasteiger partial charge on any atom is 0.307 e. The fourth-order valence-electron chi connectivity index (χ4n) is 3.01. The van der Waals surface area contributed by atoms with Gasteiger partial charge in [0.2, 0.25) is 0 Å². The highest BCUT2D eigenvalue weighted by atomic mass is 19.1. The van der Waals surface area contributed by atoms with Crippen LogP contribution >= 0.6 is 0 Å². The standard InChI is InChI=1S/C19H18FNO4/c1-10-6-12(24-2)8-13-14(9-17(22)23)19(21-18(10)13)11-4-5-16(25-3)15(20)7-11/h4-8,21H,9H2,1-3H3,(H,22,23). The number of aliphatic carboxylic acids is 1. The number of fused-ring (bicyclic) bond motifs is 1. The lowest BCUT2D eigenvalue weighted by molar-refractivity contribution is -0.136. The Morgan fingerprint density at radius 3 is 2.56 bits per heavy atom. The molecule has 0 saturated heterocycles. The summed E-state index contributed by atoms with van der Waals surface area (Å²) in [5.41, 5.74) is 3.46. The third-order valence-corrected chi connectivity index (χ3v) is 4.19. The van der Waals surface area contributed by atoms with Crippen molar-refractivity contribution in [2.45, 2.75) is 13.3 Å². The Morgan fingerprint density at radius 2 is 1.96 bits per heavy atom. The van der Waals surface area contributed by atoms with Gasteiger partial charge in [0, 0.05) is 16.5 Å². The zero-order valence-corrected chi connectivity index (χ0v) is 14.1. The molecule has 1 aromatic heterocycles. The molecule has 0 radical (unpaired) electrons. The van der Waals surface area contributed by atoms with Crippen LogP contribution in [0.4, 0.5) is 4.39 Å². The zero-order valence-electron chi connectivity index (χ0n) is 14.1. The first-order valence-corrected chi connectivity index (χ1v) is 7.69. The van der Waals surface area contributed by atoms with E-state index in [-0.39, 0.29) is 12.2 Å². The van der Waals surface area contributed by atoms with E-state index < -0.39 is 11.8 Å². The van der Waals surface area contributed by atoms with Crippen molar-refractivity contribution >= 4 is 16.9 Å². The predicted octanol–water partition coefficient (Wildman–Crippen LogP) is 3.93. The first kappa shape index (κ1) is 16.8. The number of rotatable bonds is 5. The van der Waals surface area contributed by atoms with Crippen molar-refractivity contribution in [3.05, 3.63) is 47.3 Å². The Morgan fingerprint density at radius 1 is 1.20 bits per heavy atom. The largest absolute Gasteiger partial charge is 0.497 e. The molecular weight excluding hydrogens is 325 g/mol. The average molecular weight is 343 g/mol. The third-order valence-electron chi connectivity index (χ3n) is 4.19. The Kier molecular flexibility index (Phi) is 4.35. The van der Waals surface area contributed by atoms with E-state index in [0.717, 1.165) is 16.5 Å². The number of carboxylic acid groups (broad SMARTS) is 1. The number of H-pyrrole nitrogens is 1. The number of benzene rings is 2. The molecule has 25 heavy (non-hydrogen) atoms. The lowest BCUT2D eigenvalue weighted by atomic mass is 10.0. The smallest absolute Gasteiger partial charge is 0.307 e. The first-order valence-electron chi connectivity index (χ1n) is 7.69. The van der Waals surface area contributed by atoms with E-state index in [2.05, 4.69) is 4.98 Å². The van der Waals surface area contributed by atoms with E-state index >= 15 is 0 Å². The fourth-order valence-corrected chi connectivity index (χ4v) is 3.01. The lowest BCUT2D eigenvalue weighted by Gasteiger charge is -2.06. The number of carbonyl (C=O) groups is 1. The summed E-state index contributed by atoms with van der Waals surface area (Å²) in [4.78, 5) is 14.6. The van der Waals surface area contributed by atoms with Gasteiger partial charge >= 0.3 is 5.97 Å². The van der Waals surface area contributed by atoms with Crippen LogP contribution in [0.25, 0.3) is 22.2 Å². The minimum Gasteiger partial charge on any atom is -0.497 e. The summed E-state index contributed by atoms with van der Waals surface area (Å²) in [5.74, 6) is -0.688. The molecule has 0 aliphatic carbocycles. The summed E-state index contributed by atoms with van der Waals surface area (Å²) >= 11 is 0. The fraction of sp³-hybridized carbons (Fsp3) is 0.211. The van der Waals surface area contributed by atoms with Gasteiger partial charge < -0.3 is 19.6 Å². The van der Waals surface area contributed by atoms with Gasteiger partial charge in [0.05, 0.1) is 26.3 Å². The molecule has 0 amide bonds. The molecule has 0 aliphatic rings. The summed E-state index contributed by atoms with van der Waals surface area (Å²) in [6, 6.07) is 8.21. The number of ether oxygens (including phenoxy) is 2. The van der Waals surface area contributed by atoms with Gasteiger partial charge in [0.25, 0.3) is 0 Å². The van der Waals surface area contributed by atoms with E-state index in [1.807, 2.05) is 13.0 Å². The van der Waals surface area contributed by atoms with Gasteiger partial charge in [0.1, 0.15) is 5.75 Å². The number of aromatic nitrogens is 1.